The van der Waals surface area contributed by atoms with Crippen LogP contribution in [0.15, 0.2) is 127 Å². The van der Waals surface area contributed by atoms with Crippen molar-refractivity contribution in [2.75, 3.05) is 11.9 Å². The Morgan fingerprint density at radius 1 is 0.603 bits per heavy atom. The predicted octanol–water partition coefficient (Wildman–Crippen LogP) is 4.34. The molecule has 2 bridgehead atoms. The molecule has 4 atom stereocenters. The van der Waals surface area contributed by atoms with Gasteiger partial charge >= 0.3 is 5.97 Å². The summed E-state index contributed by atoms with van der Waals surface area (Å²) in [5.41, 5.74) is 4.44. The van der Waals surface area contributed by atoms with Gasteiger partial charge in [-0.15, -0.1) is 11.3 Å². The number of carbonyl (C=O) groups is 7. The molecule has 14 nitrogen and oxygen atoms in total. The number of hydrogen-bond acceptors (Lipinski definition) is 8. The lowest BCUT2D eigenvalue weighted by Gasteiger charge is -2.27. The van der Waals surface area contributed by atoms with Gasteiger partial charge in [0.1, 0.15) is 24.2 Å². The molecule has 2 aliphatic rings. The van der Waals surface area contributed by atoms with E-state index in [2.05, 4.69) is 31.9 Å². The monoisotopic (exact) mass is 870 g/mol. The maximum absolute atomic E-state index is 14.6. The van der Waals surface area contributed by atoms with Crippen LogP contribution in [0.25, 0.3) is 11.1 Å². The summed E-state index contributed by atoms with van der Waals surface area (Å²) in [7, 11) is 0. The van der Waals surface area contributed by atoms with E-state index in [4.69, 9.17) is 5.11 Å². The highest BCUT2D eigenvalue weighted by molar-refractivity contribution is 7.09. The van der Waals surface area contributed by atoms with Crippen LogP contribution < -0.4 is 31.9 Å². The zero-order valence-electron chi connectivity index (χ0n) is 34.5. The van der Waals surface area contributed by atoms with Crippen molar-refractivity contribution in [3.8, 4) is 11.1 Å². The quantitative estimate of drug-likeness (QED) is 0.0707. The van der Waals surface area contributed by atoms with E-state index in [0.29, 0.717) is 22.4 Å². The van der Waals surface area contributed by atoms with Crippen molar-refractivity contribution in [1.29, 1.82) is 0 Å². The topological polar surface area (TPSA) is 212 Å². The van der Waals surface area contributed by atoms with Gasteiger partial charge in [0, 0.05) is 62.1 Å². The fourth-order valence-corrected chi connectivity index (χ4v) is 7.84. The molecule has 0 radical (unpaired) electrons. The van der Waals surface area contributed by atoms with E-state index in [1.54, 1.807) is 48.5 Å². The maximum atomic E-state index is 14.6. The van der Waals surface area contributed by atoms with Gasteiger partial charge < -0.3 is 37.0 Å². The number of carboxylic acid groups (broad SMARTS) is 1. The van der Waals surface area contributed by atoms with Crippen LogP contribution in [0, 0.1) is 0 Å². The Labute approximate surface area is 369 Å². The number of thiophene rings is 1. The summed E-state index contributed by atoms with van der Waals surface area (Å²) in [5.74, 6) is -4.54. The molecule has 15 heteroatoms. The predicted molar refractivity (Wildman–Crippen MR) is 239 cm³/mol. The van der Waals surface area contributed by atoms with E-state index in [1.165, 1.54) is 11.3 Å². The van der Waals surface area contributed by atoms with Crippen molar-refractivity contribution >= 4 is 58.4 Å². The number of amides is 6. The van der Waals surface area contributed by atoms with Crippen LogP contribution in [-0.4, -0.2) is 77.2 Å². The molecule has 5 aromatic rings. The zero-order chi connectivity index (χ0) is 44.6. The van der Waals surface area contributed by atoms with Gasteiger partial charge in [-0.1, -0.05) is 103 Å². The molecule has 1 aromatic heterocycles. The highest BCUT2D eigenvalue weighted by atomic mass is 32.1. The molecule has 326 valence electrons. The Kier molecular flexibility index (Phi) is 16.3. The summed E-state index contributed by atoms with van der Waals surface area (Å²) in [6, 6.07) is 31.9. The summed E-state index contributed by atoms with van der Waals surface area (Å²) in [5, 5.41) is 27.8. The molecule has 7 rings (SSSR count). The molecule has 4 aromatic carbocycles. The van der Waals surface area contributed by atoms with Crippen molar-refractivity contribution in [2.24, 2.45) is 0 Å². The number of hydrogen-bond donors (Lipinski definition) is 7. The van der Waals surface area contributed by atoms with E-state index < -0.39 is 65.6 Å². The number of benzene rings is 4. The molecular formula is C48H50N6O8S. The normalized spacial score (nSPS) is 19.0. The van der Waals surface area contributed by atoms with E-state index in [0.717, 1.165) is 16.0 Å². The van der Waals surface area contributed by atoms with E-state index in [-0.39, 0.29) is 57.9 Å². The first-order valence-corrected chi connectivity index (χ1v) is 21.7. The Bertz CT molecular complexity index is 2340. The standard InChI is InChI=1S/C48H50N6O8S/c55-42-23-24-43(56)51-41(30-37-13-8-26-63-37)48(62)54-40(29-32-15-19-35(20-16-32)34-11-5-2-6-12-34)47(61)53-39(27-31-9-3-1-4-10-31)46(60)52-38(45(59)49-25-7-14-44(57)58)28-33-17-21-36(50-42)22-18-33/h1-6,8-13,15-22,26,38-41H,7,14,23-25,27-30H2,(H,49,59)(H,50,55)(H,51,56)(H,52,60)(H,53,61)(H,54,62)(H,57,58). The molecule has 0 saturated heterocycles. The second-order valence-corrected chi connectivity index (χ2v) is 16.3. The number of anilines is 1. The van der Waals surface area contributed by atoms with Gasteiger partial charge in [-0.2, -0.15) is 0 Å². The van der Waals surface area contributed by atoms with Gasteiger partial charge in [0.15, 0.2) is 0 Å². The van der Waals surface area contributed by atoms with Gasteiger partial charge in [-0.25, -0.2) is 0 Å². The van der Waals surface area contributed by atoms with Crippen molar-refractivity contribution in [2.45, 2.75) is 75.5 Å². The SMILES string of the molecule is O=C(O)CCCNC(=O)C1Cc2ccc(cc2)NC(=O)CCC(=O)NC(Cc2cccs2)C(=O)NC(Cc2ccc(-c3ccccc3)cc2)C(=O)NC(Cc2ccccc2)C(=O)N1. The summed E-state index contributed by atoms with van der Waals surface area (Å²) in [6.07, 6.45) is -0.207. The molecule has 2 aliphatic heterocycles. The van der Waals surface area contributed by atoms with Crippen LogP contribution in [0.3, 0.4) is 0 Å². The van der Waals surface area contributed by atoms with E-state index in [1.807, 2.05) is 78.2 Å². The smallest absolute Gasteiger partial charge is 0.303 e. The number of aliphatic carboxylic acids is 1. The van der Waals surface area contributed by atoms with Crippen LogP contribution in [-0.2, 0) is 59.2 Å². The Morgan fingerprint density at radius 3 is 1.79 bits per heavy atom. The van der Waals surface area contributed by atoms with Crippen molar-refractivity contribution < 1.29 is 38.7 Å². The minimum Gasteiger partial charge on any atom is -0.481 e. The molecular weight excluding hydrogens is 821 g/mol. The lowest BCUT2D eigenvalue weighted by Crippen LogP contribution is -2.59. The lowest BCUT2D eigenvalue weighted by molar-refractivity contribution is -0.137. The van der Waals surface area contributed by atoms with Crippen LogP contribution >= 0.6 is 11.3 Å². The fraction of sp³-hybridized carbons (Fsp3) is 0.271. The van der Waals surface area contributed by atoms with Crippen molar-refractivity contribution in [1.82, 2.24) is 26.6 Å². The summed E-state index contributed by atoms with van der Waals surface area (Å²) >= 11 is 1.40. The lowest BCUT2D eigenvalue weighted by atomic mass is 9.99. The highest BCUT2D eigenvalue weighted by Crippen LogP contribution is 2.21. The van der Waals surface area contributed by atoms with Gasteiger partial charge in [-0.05, 0) is 57.8 Å². The molecule has 6 amide bonds. The first kappa shape index (κ1) is 45.4. The van der Waals surface area contributed by atoms with Crippen LogP contribution in [0.1, 0.15) is 47.3 Å². The van der Waals surface area contributed by atoms with Crippen LogP contribution in [0.5, 0.6) is 0 Å². The van der Waals surface area contributed by atoms with E-state index >= 15 is 0 Å². The second-order valence-electron chi connectivity index (χ2n) is 15.3. The third-order valence-corrected chi connectivity index (χ3v) is 11.3. The number of rotatable bonds is 12. The third-order valence-electron chi connectivity index (χ3n) is 10.4. The van der Waals surface area contributed by atoms with Gasteiger partial charge in [0.2, 0.25) is 35.4 Å². The maximum Gasteiger partial charge on any atom is 0.303 e. The summed E-state index contributed by atoms with van der Waals surface area (Å²) < 4.78 is 0. The van der Waals surface area contributed by atoms with Gasteiger partial charge in [0.05, 0.1) is 0 Å². The zero-order valence-corrected chi connectivity index (χ0v) is 35.3. The molecule has 63 heavy (non-hydrogen) atoms. The number of carbonyl (C=O) groups excluding carboxylic acids is 6. The molecule has 0 spiro atoms. The van der Waals surface area contributed by atoms with Crippen LogP contribution in [0.4, 0.5) is 5.69 Å². The number of carboxylic acids is 1. The van der Waals surface area contributed by atoms with Gasteiger partial charge in [-0.3, -0.25) is 33.6 Å². The highest BCUT2D eigenvalue weighted by Gasteiger charge is 2.32. The molecule has 4 unspecified atom stereocenters. The van der Waals surface area contributed by atoms with Crippen molar-refractivity contribution in [3.05, 3.63) is 148 Å². The average molecular weight is 871 g/mol. The number of nitrogens with one attached hydrogen (secondary N) is 6. The molecule has 0 aliphatic carbocycles. The van der Waals surface area contributed by atoms with Crippen LogP contribution in [0.2, 0.25) is 0 Å². The molecule has 0 saturated carbocycles. The average Bonchev–Trinajstić information content (AvgIpc) is 3.80. The molecule has 3 heterocycles. The Hall–Kier alpha value is -7.13. The summed E-state index contributed by atoms with van der Waals surface area (Å²) in [4.78, 5) is 95.2. The number of fused-ring (bicyclic) bond motifs is 18. The van der Waals surface area contributed by atoms with E-state index in [9.17, 15) is 33.6 Å². The van der Waals surface area contributed by atoms with Gasteiger partial charge in [0.25, 0.3) is 0 Å². The molecule has 0 fully saturated rings. The first-order chi connectivity index (χ1) is 30.5. The largest absolute Gasteiger partial charge is 0.481 e. The third kappa shape index (κ3) is 14.2. The summed E-state index contributed by atoms with van der Waals surface area (Å²) in [6.45, 7) is 0.0468. The first-order valence-electron chi connectivity index (χ1n) is 20.8. The fourth-order valence-electron chi connectivity index (χ4n) is 7.08. The Balaban J connectivity index is 1.34. The Morgan fingerprint density at radius 2 is 1.17 bits per heavy atom. The van der Waals surface area contributed by atoms with Crippen molar-refractivity contribution in [3.63, 3.8) is 0 Å². The molecule has 7 N–H and O–H groups in total. The minimum absolute atomic E-state index is 0.0141. The minimum atomic E-state index is -1.24. The second kappa shape index (κ2) is 22.6.